The van der Waals surface area contributed by atoms with E-state index in [-0.39, 0.29) is 5.92 Å². The van der Waals surface area contributed by atoms with Crippen molar-refractivity contribution < 1.29 is 13.9 Å². The standard InChI is InChI=1S/C13H15FO2/c1-13(14,11-6-7-16-9-11)12-5-3-2-4-10(12)8-15/h2-5,8,11H,6-7,9H2,1H3. The molecule has 0 bridgehead atoms. The van der Waals surface area contributed by atoms with Gasteiger partial charge in [-0.25, -0.2) is 4.39 Å². The third kappa shape index (κ3) is 1.87. The summed E-state index contributed by atoms with van der Waals surface area (Å²) >= 11 is 0. The van der Waals surface area contributed by atoms with Crippen LogP contribution in [0.25, 0.3) is 0 Å². The van der Waals surface area contributed by atoms with Gasteiger partial charge in [0.15, 0.2) is 0 Å². The first-order valence-corrected chi connectivity index (χ1v) is 5.47. The average Bonchev–Trinajstić information content (AvgIpc) is 2.83. The Labute approximate surface area is 94.4 Å². The van der Waals surface area contributed by atoms with Gasteiger partial charge in [-0.1, -0.05) is 24.3 Å². The van der Waals surface area contributed by atoms with Crippen LogP contribution in [0.2, 0.25) is 0 Å². The molecule has 0 N–H and O–H groups in total. The van der Waals surface area contributed by atoms with Crippen molar-refractivity contribution in [3.8, 4) is 0 Å². The molecule has 86 valence electrons. The van der Waals surface area contributed by atoms with Gasteiger partial charge in [0.2, 0.25) is 0 Å². The van der Waals surface area contributed by atoms with Gasteiger partial charge in [0.25, 0.3) is 0 Å². The van der Waals surface area contributed by atoms with Crippen LogP contribution >= 0.6 is 0 Å². The third-order valence-corrected chi connectivity index (χ3v) is 3.31. The Bertz CT molecular complexity index is 381. The van der Waals surface area contributed by atoms with Crippen molar-refractivity contribution in [1.82, 2.24) is 0 Å². The largest absolute Gasteiger partial charge is 0.381 e. The molecule has 0 aliphatic carbocycles. The van der Waals surface area contributed by atoms with Crippen molar-refractivity contribution in [3.05, 3.63) is 35.4 Å². The summed E-state index contributed by atoms with van der Waals surface area (Å²) < 4.78 is 19.9. The van der Waals surface area contributed by atoms with Crippen LogP contribution < -0.4 is 0 Å². The van der Waals surface area contributed by atoms with Gasteiger partial charge >= 0.3 is 0 Å². The molecule has 1 aliphatic heterocycles. The second kappa shape index (κ2) is 4.34. The van der Waals surface area contributed by atoms with E-state index in [9.17, 15) is 9.18 Å². The van der Waals surface area contributed by atoms with Crippen molar-refractivity contribution >= 4 is 6.29 Å². The molecular weight excluding hydrogens is 207 g/mol. The van der Waals surface area contributed by atoms with Gasteiger partial charge in [-0.15, -0.1) is 0 Å². The molecule has 1 saturated heterocycles. The van der Waals surface area contributed by atoms with Crippen molar-refractivity contribution in [1.29, 1.82) is 0 Å². The number of carbonyl (C=O) groups is 1. The molecule has 0 amide bonds. The Morgan fingerprint density at radius 1 is 1.50 bits per heavy atom. The molecule has 1 heterocycles. The highest BCUT2D eigenvalue weighted by Gasteiger charge is 2.39. The maximum Gasteiger partial charge on any atom is 0.150 e. The maximum absolute atomic E-state index is 14.7. The van der Waals surface area contributed by atoms with Gasteiger partial charge in [-0.05, 0) is 18.9 Å². The van der Waals surface area contributed by atoms with Crippen LogP contribution in [0.15, 0.2) is 24.3 Å². The molecule has 1 aromatic carbocycles. The van der Waals surface area contributed by atoms with E-state index in [1.807, 2.05) is 0 Å². The topological polar surface area (TPSA) is 26.3 Å². The van der Waals surface area contributed by atoms with E-state index in [4.69, 9.17) is 4.74 Å². The Morgan fingerprint density at radius 3 is 2.88 bits per heavy atom. The molecule has 2 nitrogen and oxygen atoms in total. The van der Waals surface area contributed by atoms with Crippen LogP contribution in [0.5, 0.6) is 0 Å². The summed E-state index contributed by atoms with van der Waals surface area (Å²) in [6, 6.07) is 6.84. The van der Waals surface area contributed by atoms with Crippen LogP contribution in [-0.2, 0) is 10.4 Å². The number of halogens is 1. The molecule has 0 radical (unpaired) electrons. The summed E-state index contributed by atoms with van der Waals surface area (Å²) in [5.74, 6) is -0.159. The quantitative estimate of drug-likeness (QED) is 0.735. The maximum atomic E-state index is 14.7. The van der Waals surface area contributed by atoms with Crippen molar-refractivity contribution in [3.63, 3.8) is 0 Å². The Morgan fingerprint density at radius 2 is 2.25 bits per heavy atom. The lowest BCUT2D eigenvalue weighted by Crippen LogP contribution is -2.28. The van der Waals surface area contributed by atoms with Gasteiger partial charge in [-0.2, -0.15) is 0 Å². The van der Waals surface area contributed by atoms with E-state index in [2.05, 4.69) is 0 Å². The number of hydrogen-bond donors (Lipinski definition) is 0. The van der Waals surface area contributed by atoms with Crippen LogP contribution in [0.1, 0.15) is 29.3 Å². The van der Waals surface area contributed by atoms with E-state index in [0.29, 0.717) is 37.0 Å². The number of benzene rings is 1. The second-order valence-corrected chi connectivity index (χ2v) is 4.34. The smallest absolute Gasteiger partial charge is 0.150 e. The third-order valence-electron chi connectivity index (χ3n) is 3.31. The molecule has 1 aromatic rings. The first-order valence-electron chi connectivity index (χ1n) is 5.47. The number of carbonyl (C=O) groups excluding carboxylic acids is 1. The monoisotopic (exact) mass is 222 g/mol. The first-order chi connectivity index (χ1) is 7.66. The van der Waals surface area contributed by atoms with Crippen LogP contribution in [0.4, 0.5) is 4.39 Å². The van der Waals surface area contributed by atoms with Crippen molar-refractivity contribution in [2.24, 2.45) is 5.92 Å². The molecule has 3 heteroatoms. The lowest BCUT2D eigenvalue weighted by Gasteiger charge is -2.27. The van der Waals surface area contributed by atoms with Gasteiger partial charge in [0, 0.05) is 18.1 Å². The fourth-order valence-corrected chi connectivity index (χ4v) is 2.23. The summed E-state index contributed by atoms with van der Waals surface area (Å²) in [6.45, 7) is 2.57. The predicted molar refractivity (Wildman–Crippen MR) is 59.2 cm³/mol. The minimum Gasteiger partial charge on any atom is -0.381 e. The average molecular weight is 222 g/mol. The Hall–Kier alpha value is -1.22. The summed E-state index contributed by atoms with van der Waals surface area (Å²) in [6.07, 6.45) is 1.42. The zero-order valence-electron chi connectivity index (χ0n) is 9.28. The Kier molecular flexibility index (Phi) is 3.06. The highest BCUT2D eigenvalue weighted by Crippen LogP contribution is 2.39. The van der Waals surface area contributed by atoms with Crippen molar-refractivity contribution in [2.75, 3.05) is 13.2 Å². The van der Waals surface area contributed by atoms with Crippen LogP contribution in [0, 0.1) is 5.92 Å². The van der Waals surface area contributed by atoms with E-state index >= 15 is 0 Å². The second-order valence-electron chi connectivity index (χ2n) is 4.34. The van der Waals surface area contributed by atoms with Gasteiger partial charge < -0.3 is 4.74 Å². The lowest BCUT2D eigenvalue weighted by atomic mass is 9.82. The number of rotatable bonds is 3. The molecule has 16 heavy (non-hydrogen) atoms. The number of hydrogen-bond acceptors (Lipinski definition) is 2. The molecule has 2 atom stereocenters. The lowest BCUT2D eigenvalue weighted by molar-refractivity contribution is 0.0808. The first kappa shape index (κ1) is 11.3. The van der Waals surface area contributed by atoms with Gasteiger partial charge in [0.05, 0.1) is 6.61 Å². The van der Waals surface area contributed by atoms with Crippen LogP contribution in [-0.4, -0.2) is 19.5 Å². The minimum atomic E-state index is -1.49. The molecule has 1 aliphatic rings. The molecule has 0 saturated carbocycles. The molecule has 2 unspecified atom stereocenters. The summed E-state index contributed by atoms with van der Waals surface area (Å²) in [7, 11) is 0. The summed E-state index contributed by atoms with van der Waals surface area (Å²) in [5, 5.41) is 0. The number of ether oxygens (including phenoxy) is 1. The van der Waals surface area contributed by atoms with E-state index in [1.54, 1.807) is 24.3 Å². The van der Waals surface area contributed by atoms with E-state index in [1.165, 1.54) is 6.92 Å². The van der Waals surface area contributed by atoms with Gasteiger partial charge in [0.1, 0.15) is 12.0 Å². The van der Waals surface area contributed by atoms with Crippen LogP contribution in [0.3, 0.4) is 0 Å². The highest BCUT2D eigenvalue weighted by atomic mass is 19.1. The highest BCUT2D eigenvalue weighted by molar-refractivity contribution is 5.77. The molecular formula is C13H15FO2. The van der Waals surface area contributed by atoms with Crippen molar-refractivity contribution in [2.45, 2.75) is 19.0 Å². The summed E-state index contributed by atoms with van der Waals surface area (Å²) in [5.41, 5.74) is -0.589. The molecule has 2 rings (SSSR count). The Balaban J connectivity index is 2.37. The minimum absolute atomic E-state index is 0.159. The molecule has 1 fully saturated rings. The van der Waals surface area contributed by atoms with E-state index < -0.39 is 5.67 Å². The van der Waals surface area contributed by atoms with Gasteiger partial charge in [-0.3, -0.25) is 4.79 Å². The predicted octanol–water partition coefficient (Wildman–Crippen LogP) is 2.72. The fraction of sp³-hybridized carbons (Fsp3) is 0.462. The summed E-state index contributed by atoms with van der Waals surface area (Å²) in [4.78, 5) is 10.9. The van der Waals surface area contributed by atoms with E-state index in [0.717, 1.165) is 0 Å². The SMILES string of the molecule is CC(F)(c1ccccc1C=O)C1CCOC1. The molecule has 0 spiro atoms. The normalized spacial score (nSPS) is 24.0. The zero-order chi connectivity index (χ0) is 11.6. The fourth-order valence-electron chi connectivity index (χ4n) is 2.23. The number of alkyl halides is 1. The zero-order valence-corrected chi connectivity index (χ0v) is 9.28. The number of aldehydes is 1. The molecule has 0 aromatic heterocycles.